The van der Waals surface area contributed by atoms with Crippen LogP contribution >= 0.6 is 0 Å². The van der Waals surface area contributed by atoms with Crippen LogP contribution in [0, 0.1) is 23.2 Å². The Morgan fingerprint density at radius 1 is 1.14 bits per heavy atom. The van der Waals surface area contributed by atoms with Crippen molar-refractivity contribution in [3.8, 4) is 0 Å². The van der Waals surface area contributed by atoms with Gasteiger partial charge >= 0.3 is 0 Å². The van der Waals surface area contributed by atoms with Gasteiger partial charge in [-0.15, -0.1) is 0 Å². The van der Waals surface area contributed by atoms with E-state index in [1.165, 1.54) is 37.7 Å². The van der Waals surface area contributed by atoms with Crippen molar-refractivity contribution in [2.45, 2.75) is 116 Å². The van der Waals surface area contributed by atoms with Gasteiger partial charge in [0.1, 0.15) is 0 Å². The highest BCUT2D eigenvalue weighted by molar-refractivity contribution is 5.89. The van der Waals surface area contributed by atoms with Gasteiger partial charge in [-0.2, -0.15) is 0 Å². The van der Waals surface area contributed by atoms with E-state index in [-0.39, 0.29) is 17.8 Å². The minimum absolute atomic E-state index is 0.0101. The molecular weight excluding hydrogens is 444 g/mol. The number of hydrogen-bond acceptors (Lipinski definition) is 3. The first-order valence-electron chi connectivity index (χ1n) is 14.6. The molecule has 3 fully saturated rings. The number of fused-ring (bicyclic) bond motifs is 1. The number of allylic oxidation sites excluding steroid dienone is 5. The topological polar surface area (TPSA) is 57.5 Å². The molecule has 3 aliphatic rings. The van der Waals surface area contributed by atoms with E-state index >= 15 is 0 Å². The first-order chi connectivity index (χ1) is 17.3. The molecule has 0 spiro atoms. The highest BCUT2D eigenvalue weighted by atomic mass is 16.3. The van der Waals surface area contributed by atoms with Crippen LogP contribution in [-0.4, -0.2) is 28.2 Å². The molecule has 0 bridgehead atoms. The lowest BCUT2D eigenvalue weighted by atomic mass is 9.63. The van der Waals surface area contributed by atoms with Crippen molar-refractivity contribution in [3.05, 3.63) is 59.8 Å². The average molecular weight is 495 g/mol. The van der Waals surface area contributed by atoms with Crippen LogP contribution in [0.5, 0.6) is 0 Å². The molecule has 36 heavy (non-hydrogen) atoms. The van der Waals surface area contributed by atoms with Crippen LogP contribution < -0.4 is 0 Å². The molecule has 0 heterocycles. The van der Waals surface area contributed by atoms with Crippen LogP contribution in [0.25, 0.3) is 0 Å². The van der Waals surface area contributed by atoms with E-state index in [1.807, 2.05) is 12.2 Å². The Bertz CT molecular complexity index is 875. The van der Waals surface area contributed by atoms with Crippen LogP contribution in [0.2, 0.25) is 0 Å². The number of carbonyl (C=O) groups excluding carboxylic acids is 1. The fourth-order valence-electron chi connectivity index (χ4n) is 6.85. The summed E-state index contributed by atoms with van der Waals surface area (Å²) >= 11 is 0. The lowest BCUT2D eigenvalue weighted by molar-refractivity contribution is -0.114. The van der Waals surface area contributed by atoms with Crippen molar-refractivity contribution in [2.75, 3.05) is 0 Å². The molecule has 200 valence electrons. The van der Waals surface area contributed by atoms with Crippen molar-refractivity contribution in [1.29, 1.82) is 0 Å². The lowest BCUT2D eigenvalue weighted by Gasteiger charge is -2.42. The highest BCUT2D eigenvalue weighted by Gasteiger charge is 2.48. The van der Waals surface area contributed by atoms with Crippen LogP contribution in [0.3, 0.4) is 0 Å². The second kappa shape index (κ2) is 13.7. The maximum Gasteiger partial charge on any atom is 0.155 e. The third-order valence-corrected chi connectivity index (χ3v) is 9.37. The van der Waals surface area contributed by atoms with Gasteiger partial charge in [0.25, 0.3) is 0 Å². The number of hydrogen-bond donors (Lipinski definition) is 2. The van der Waals surface area contributed by atoms with Gasteiger partial charge in [0.05, 0.1) is 12.2 Å². The zero-order chi connectivity index (χ0) is 26.1. The first kappa shape index (κ1) is 28.9. The quantitative estimate of drug-likeness (QED) is 0.227. The van der Waals surface area contributed by atoms with Gasteiger partial charge in [-0.25, -0.2) is 0 Å². The molecule has 0 aromatic heterocycles. The molecule has 0 amide bonds. The van der Waals surface area contributed by atoms with Crippen molar-refractivity contribution < 1.29 is 15.0 Å². The molecule has 6 unspecified atom stereocenters. The van der Waals surface area contributed by atoms with E-state index in [9.17, 15) is 15.0 Å². The van der Waals surface area contributed by atoms with E-state index in [0.717, 1.165) is 50.5 Å². The third-order valence-electron chi connectivity index (χ3n) is 9.37. The third kappa shape index (κ3) is 7.19. The molecule has 3 aliphatic carbocycles. The number of unbranched alkanes of at least 4 members (excludes halogenated alkanes) is 1. The molecule has 6 atom stereocenters. The molecule has 2 N–H and O–H groups in total. The molecule has 0 aliphatic heterocycles. The van der Waals surface area contributed by atoms with Gasteiger partial charge < -0.3 is 10.2 Å². The molecule has 0 aromatic carbocycles. The summed E-state index contributed by atoms with van der Waals surface area (Å²) in [5.74, 6) is 1.43. The average Bonchev–Trinajstić information content (AvgIpc) is 3.20. The first-order valence-corrected chi connectivity index (χ1v) is 14.6. The largest absolute Gasteiger partial charge is 0.388 e. The second-order valence-corrected chi connectivity index (χ2v) is 11.7. The SMILES string of the molecule is C=C1/C(=C\C=C2/CCCC3(C)C(C/C=C/C(O)C(/C=C/C(=O)CCCC)CC)CCC23)CCCC1O. The number of ketones is 1. The predicted octanol–water partition coefficient (Wildman–Crippen LogP) is 7.81. The summed E-state index contributed by atoms with van der Waals surface area (Å²) in [6.07, 6.45) is 24.9. The van der Waals surface area contributed by atoms with Gasteiger partial charge in [-0.05, 0) is 105 Å². The molecule has 0 radical (unpaired) electrons. The summed E-state index contributed by atoms with van der Waals surface area (Å²) in [4.78, 5) is 12.0. The Labute approximate surface area is 220 Å². The van der Waals surface area contributed by atoms with Crippen LogP contribution in [0.1, 0.15) is 104 Å². The Morgan fingerprint density at radius 3 is 2.69 bits per heavy atom. The Morgan fingerprint density at radius 2 is 1.94 bits per heavy atom. The molecule has 0 aromatic rings. The van der Waals surface area contributed by atoms with E-state index in [4.69, 9.17) is 0 Å². The van der Waals surface area contributed by atoms with Gasteiger partial charge in [0.15, 0.2) is 5.78 Å². The zero-order valence-electron chi connectivity index (χ0n) is 23.1. The van der Waals surface area contributed by atoms with E-state index in [0.29, 0.717) is 23.7 Å². The number of aliphatic hydroxyl groups is 2. The molecule has 0 saturated heterocycles. The zero-order valence-corrected chi connectivity index (χ0v) is 23.1. The van der Waals surface area contributed by atoms with Crippen LogP contribution in [-0.2, 0) is 4.79 Å². The number of carbonyl (C=O) groups is 1. The number of aliphatic hydroxyl groups excluding tert-OH is 2. The molecule has 3 heteroatoms. The second-order valence-electron chi connectivity index (χ2n) is 11.7. The van der Waals surface area contributed by atoms with E-state index in [1.54, 1.807) is 11.6 Å². The fraction of sp³-hybridized carbons (Fsp3) is 0.667. The van der Waals surface area contributed by atoms with Crippen molar-refractivity contribution in [3.63, 3.8) is 0 Å². The summed E-state index contributed by atoms with van der Waals surface area (Å²) in [5.41, 5.74) is 4.04. The lowest BCUT2D eigenvalue weighted by Crippen LogP contribution is -2.33. The van der Waals surface area contributed by atoms with Gasteiger partial charge in [-0.3, -0.25) is 4.79 Å². The van der Waals surface area contributed by atoms with E-state index in [2.05, 4.69) is 45.6 Å². The summed E-state index contributed by atoms with van der Waals surface area (Å²) < 4.78 is 0. The monoisotopic (exact) mass is 494 g/mol. The number of rotatable bonds is 11. The van der Waals surface area contributed by atoms with Crippen molar-refractivity contribution in [2.24, 2.45) is 23.2 Å². The Hall–Kier alpha value is -1.71. The minimum Gasteiger partial charge on any atom is -0.388 e. The van der Waals surface area contributed by atoms with Crippen LogP contribution in [0.15, 0.2) is 59.8 Å². The smallest absolute Gasteiger partial charge is 0.155 e. The maximum atomic E-state index is 12.0. The van der Waals surface area contributed by atoms with Gasteiger partial charge in [-0.1, -0.05) is 69.7 Å². The Balaban J connectivity index is 1.60. The molecule has 3 nitrogen and oxygen atoms in total. The van der Waals surface area contributed by atoms with Crippen molar-refractivity contribution in [1.82, 2.24) is 0 Å². The van der Waals surface area contributed by atoms with Crippen molar-refractivity contribution >= 4 is 5.78 Å². The van der Waals surface area contributed by atoms with E-state index < -0.39 is 6.10 Å². The predicted molar refractivity (Wildman–Crippen MR) is 151 cm³/mol. The maximum absolute atomic E-state index is 12.0. The molecule has 3 rings (SSSR count). The summed E-state index contributed by atoms with van der Waals surface area (Å²) in [6, 6.07) is 0. The highest BCUT2D eigenvalue weighted by Crippen LogP contribution is 2.58. The standard InChI is InChI=1S/C33H50O3/c1-5-7-14-29(34)21-19-25(6-2)32(36)16-9-13-28-20-22-30-27(12-10-23-33(28,30)4)18-17-26-11-8-15-31(35)24(26)3/h9,16-19,21,25,28,30-32,35-36H,3,5-8,10-15,20,22-23H2,1-2,4H3/b16-9+,21-19+,26-17-,27-18+. The molecular formula is C33H50O3. The normalized spacial score (nSPS) is 33.0. The summed E-state index contributed by atoms with van der Waals surface area (Å²) in [7, 11) is 0. The summed E-state index contributed by atoms with van der Waals surface area (Å²) in [6.45, 7) is 10.8. The van der Waals surface area contributed by atoms with Gasteiger partial charge in [0, 0.05) is 12.3 Å². The molecule has 3 saturated carbocycles. The van der Waals surface area contributed by atoms with Gasteiger partial charge in [0.2, 0.25) is 0 Å². The summed E-state index contributed by atoms with van der Waals surface area (Å²) in [5, 5.41) is 20.9. The Kier molecular flexibility index (Phi) is 11.0. The van der Waals surface area contributed by atoms with Crippen LogP contribution in [0.4, 0.5) is 0 Å². The minimum atomic E-state index is -0.539. The fourth-order valence-corrected chi connectivity index (χ4v) is 6.85.